The predicted molar refractivity (Wildman–Crippen MR) is 136 cm³/mol. The van der Waals surface area contributed by atoms with Gasteiger partial charge in [-0.3, -0.25) is 0 Å². The van der Waals surface area contributed by atoms with Crippen LogP contribution in [-0.4, -0.2) is 47.5 Å². The summed E-state index contributed by atoms with van der Waals surface area (Å²) in [5, 5.41) is 6.67. The third-order valence-corrected chi connectivity index (χ3v) is 4.59. The Hall–Kier alpha value is -2.36. The zero-order chi connectivity index (χ0) is 21.8. The van der Waals surface area contributed by atoms with Crippen molar-refractivity contribution in [2.24, 2.45) is 4.99 Å². The molecule has 0 amide bonds. The number of guanidine groups is 1. The van der Waals surface area contributed by atoms with Crippen LogP contribution in [-0.2, 0) is 13.0 Å². The Labute approximate surface area is 202 Å². The van der Waals surface area contributed by atoms with Crippen molar-refractivity contribution in [3.05, 3.63) is 47.5 Å². The van der Waals surface area contributed by atoms with Gasteiger partial charge in [0, 0.05) is 13.1 Å². The molecule has 0 radical (unpaired) electrons. The van der Waals surface area contributed by atoms with E-state index in [9.17, 15) is 0 Å². The van der Waals surface area contributed by atoms with E-state index in [2.05, 4.69) is 28.6 Å². The first-order chi connectivity index (χ1) is 14.6. The minimum Gasteiger partial charge on any atom is -0.493 e. The maximum Gasteiger partial charge on any atom is 0.191 e. The molecule has 0 aliphatic rings. The van der Waals surface area contributed by atoms with Crippen LogP contribution in [0.25, 0.3) is 0 Å². The van der Waals surface area contributed by atoms with Gasteiger partial charge in [-0.2, -0.15) is 0 Å². The highest BCUT2D eigenvalue weighted by molar-refractivity contribution is 14.0. The highest BCUT2D eigenvalue weighted by Gasteiger charge is 2.06. The number of aryl methyl sites for hydroxylation is 1. The Balaban J connectivity index is 0.00000480. The summed E-state index contributed by atoms with van der Waals surface area (Å²) in [4.78, 5) is 4.67. The number of methoxy groups -OCH3 is 4. The average Bonchev–Trinajstić information content (AvgIpc) is 2.79. The molecule has 0 aliphatic heterocycles. The van der Waals surface area contributed by atoms with E-state index in [4.69, 9.17) is 18.9 Å². The van der Waals surface area contributed by atoms with Crippen molar-refractivity contribution < 1.29 is 18.9 Å². The molecule has 7 nitrogen and oxygen atoms in total. The van der Waals surface area contributed by atoms with Gasteiger partial charge in [-0.1, -0.05) is 12.1 Å². The smallest absolute Gasteiger partial charge is 0.191 e. The van der Waals surface area contributed by atoms with Crippen molar-refractivity contribution in [3.63, 3.8) is 0 Å². The van der Waals surface area contributed by atoms with Crippen molar-refractivity contribution in [2.45, 2.75) is 26.3 Å². The molecular formula is C23H34IN3O4. The molecule has 172 valence electrons. The number of nitrogens with zero attached hydrogens (tertiary/aromatic N) is 1. The van der Waals surface area contributed by atoms with E-state index in [0.717, 1.165) is 49.0 Å². The minimum absolute atomic E-state index is 0. The number of aliphatic imine (C=N–C) groups is 1. The topological polar surface area (TPSA) is 73.3 Å². The van der Waals surface area contributed by atoms with E-state index in [0.29, 0.717) is 18.0 Å². The first kappa shape index (κ1) is 26.7. The lowest BCUT2D eigenvalue weighted by molar-refractivity contribution is 0.354. The van der Waals surface area contributed by atoms with E-state index in [-0.39, 0.29) is 24.0 Å². The summed E-state index contributed by atoms with van der Waals surface area (Å²) >= 11 is 0. The lowest BCUT2D eigenvalue weighted by Crippen LogP contribution is -2.37. The molecule has 0 spiro atoms. The molecule has 0 saturated carbocycles. The second-order valence-electron chi connectivity index (χ2n) is 6.60. The summed E-state index contributed by atoms with van der Waals surface area (Å²) in [6, 6.07) is 11.9. The molecule has 2 aromatic rings. The molecule has 0 aromatic heterocycles. The second-order valence-corrected chi connectivity index (χ2v) is 6.60. The third kappa shape index (κ3) is 8.35. The van der Waals surface area contributed by atoms with Crippen LogP contribution in [0.1, 0.15) is 24.5 Å². The summed E-state index contributed by atoms with van der Waals surface area (Å²) in [7, 11) is 6.56. The lowest BCUT2D eigenvalue weighted by Gasteiger charge is -2.13. The summed E-state index contributed by atoms with van der Waals surface area (Å²) in [6.45, 7) is 4.21. The van der Waals surface area contributed by atoms with Gasteiger partial charge >= 0.3 is 0 Å². The summed E-state index contributed by atoms with van der Waals surface area (Å²) in [6.07, 6.45) is 1.90. The van der Waals surface area contributed by atoms with Gasteiger partial charge in [0.15, 0.2) is 29.0 Å². The molecule has 0 bridgehead atoms. The van der Waals surface area contributed by atoms with E-state index >= 15 is 0 Å². The maximum atomic E-state index is 5.37. The Morgan fingerprint density at radius 3 is 1.87 bits per heavy atom. The molecule has 0 atom stereocenters. The SMILES string of the molecule is CCNC(=NCc1ccc(OC)c(OC)c1)NCCCc1ccc(OC)c(OC)c1.I. The summed E-state index contributed by atoms with van der Waals surface area (Å²) in [5.74, 6) is 3.71. The Morgan fingerprint density at radius 2 is 1.32 bits per heavy atom. The highest BCUT2D eigenvalue weighted by atomic mass is 127. The quantitative estimate of drug-likeness (QED) is 0.193. The van der Waals surface area contributed by atoms with E-state index in [1.165, 1.54) is 5.56 Å². The zero-order valence-electron chi connectivity index (χ0n) is 19.0. The lowest BCUT2D eigenvalue weighted by atomic mass is 10.1. The van der Waals surface area contributed by atoms with Crippen molar-refractivity contribution in [2.75, 3.05) is 41.5 Å². The van der Waals surface area contributed by atoms with Gasteiger partial charge < -0.3 is 29.6 Å². The average molecular weight is 543 g/mol. The number of benzene rings is 2. The largest absolute Gasteiger partial charge is 0.493 e. The van der Waals surface area contributed by atoms with Crippen LogP contribution in [0.2, 0.25) is 0 Å². The van der Waals surface area contributed by atoms with Gasteiger partial charge in [-0.05, 0) is 55.2 Å². The number of hydrogen-bond donors (Lipinski definition) is 2. The van der Waals surface area contributed by atoms with Crippen molar-refractivity contribution in [3.8, 4) is 23.0 Å². The Morgan fingerprint density at radius 1 is 0.774 bits per heavy atom. The molecule has 0 saturated heterocycles. The predicted octanol–water partition coefficient (Wildman–Crippen LogP) is 4.03. The van der Waals surface area contributed by atoms with Crippen molar-refractivity contribution >= 4 is 29.9 Å². The fraction of sp³-hybridized carbons (Fsp3) is 0.435. The molecule has 0 fully saturated rings. The number of hydrogen-bond acceptors (Lipinski definition) is 5. The maximum absolute atomic E-state index is 5.37. The minimum atomic E-state index is 0. The van der Waals surface area contributed by atoms with Crippen LogP contribution < -0.4 is 29.6 Å². The highest BCUT2D eigenvalue weighted by Crippen LogP contribution is 2.28. The monoisotopic (exact) mass is 543 g/mol. The number of nitrogens with one attached hydrogen (secondary N) is 2. The summed E-state index contributed by atoms with van der Waals surface area (Å²) < 4.78 is 21.3. The van der Waals surface area contributed by atoms with Gasteiger partial charge in [-0.15, -0.1) is 24.0 Å². The van der Waals surface area contributed by atoms with Crippen LogP contribution in [0.15, 0.2) is 41.4 Å². The molecular weight excluding hydrogens is 509 g/mol. The normalized spacial score (nSPS) is 10.7. The fourth-order valence-corrected chi connectivity index (χ4v) is 3.03. The second kappa shape index (κ2) is 14.6. The standard InChI is InChI=1S/C23H33N3O4.HI/c1-6-24-23(26-16-18-10-12-20(28-3)22(15-18)30-5)25-13-7-8-17-9-11-19(27-2)21(14-17)29-4;/h9-12,14-15H,6-8,13,16H2,1-5H3,(H2,24,25,26);1H. The number of halogens is 1. The van der Waals surface area contributed by atoms with Gasteiger partial charge in [-0.25, -0.2) is 4.99 Å². The fourth-order valence-electron chi connectivity index (χ4n) is 3.03. The number of ether oxygens (including phenoxy) is 4. The number of rotatable bonds is 11. The first-order valence-electron chi connectivity index (χ1n) is 10.1. The van der Waals surface area contributed by atoms with Crippen LogP contribution >= 0.6 is 24.0 Å². The third-order valence-electron chi connectivity index (χ3n) is 4.59. The van der Waals surface area contributed by atoms with Crippen molar-refractivity contribution in [1.82, 2.24) is 10.6 Å². The van der Waals surface area contributed by atoms with Crippen LogP contribution in [0, 0.1) is 0 Å². The van der Waals surface area contributed by atoms with E-state index in [1.54, 1.807) is 28.4 Å². The van der Waals surface area contributed by atoms with Gasteiger partial charge in [0.05, 0.1) is 35.0 Å². The Bertz CT molecular complexity index is 830. The van der Waals surface area contributed by atoms with Gasteiger partial charge in [0.1, 0.15) is 0 Å². The van der Waals surface area contributed by atoms with Gasteiger partial charge in [0.2, 0.25) is 0 Å². The van der Waals surface area contributed by atoms with Crippen LogP contribution in [0.3, 0.4) is 0 Å². The molecule has 0 unspecified atom stereocenters. The van der Waals surface area contributed by atoms with Crippen molar-refractivity contribution in [1.29, 1.82) is 0 Å². The Kier molecular flexibility index (Phi) is 12.6. The van der Waals surface area contributed by atoms with Gasteiger partial charge in [0.25, 0.3) is 0 Å². The molecule has 2 aromatic carbocycles. The summed E-state index contributed by atoms with van der Waals surface area (Å²) in [5.41, 5.74) is 2.26. The molecule has 0 aliphatic carbocycles. The zero-order valence-corrected chi connectivity index (χ0v) is 21.3. The molecule has 31 heavy (non-hydrogen) atoms. The van der Waals surface area contributed by atoms with E-state index in [1.807, 2.05) is 30.3 Å². The molecule has 0 heterocycles. The first-order valence-corrected chi connectivity index (χ1v) is 10.1. The van der Waals surface area contributed by atoms with Crippen LogP contribution in [0.4, 0.5) is 0 Å². The molecule has 2 rings (SSSR count). The van der Waals surface area contributed by atoms with Crippen LogP contribution in [0.5, 0.6) is 23.0 Å². The molecule has 8 heteroatoms. The molecule has 2 N–H and O–H groups in total. The van der Waals surface area contributed by atoms with E-state index < -0.39 is 0 Å².